The van der Waals surface area contributed by atoms with Crippen LogP contribution >= 0.6 is 0 Å². The molecule has 0 spiro atoms. The van der Waals surface area contributed by atoms with Gasteiger partial charge in [-0.05, 0) is 115 Å². The normalized spacial score (nSPS) is 11.8. The number of hydrogen-bond acceptors (Lipinski definition) is 0. The van der Waals surface area contributed by atoms with Crippen molar-refractivity contribution in [2.75, 3.05) is 0 Å². The van der Waals surface area contributed by atoms with Crippen LogP contribution in [-0.2, 0) is 0 Å². The monoisotopic (exact) mass is 656 g/mol. The van der Waals surface area contributed by atoms with E-state index in [0.29, 0.717) is 0 Å². The van der Waals surface area contributed by atoms with Crippen LogP contribution in [0.1, 0.15) is 0 Å². The predicted octanol–water partition coefficient (Wildman–Crippen LogP) is 14.7. The Morgan fingerprint density at radius 1 is 0.192 bits per heavy atom. The van der Waals surface area contributed by atoms with E-state index in [1.807, 2.05) is 0 Å². The summed E-state index contributed by atoms with van der Waals surface area (Å²) in [4.78, 5) is 0. The van der Waals surface area contributed by atoms with Crippen LogP contribution in [0.4, 0.5) is 0 Å². The summed E-state index contributed by atoms with van der Waals surface area (Å²) in [5.41, 5.74) is 10.0. The van der Waals surface area contributed by atoms with Gasteiger partial charge in [-0.2, -0.15) is 0 Å². The third kappa shape index (κ3) is 4.16. The van der Waals surface area contributed by atoms with Crippen molar-refractivity contribution in [2.24, 2.45) is 0 Å². The van der Waals surface area contributed by atoms with E-state index < -0.39 is 0 Å². The van der Waals surface area contributed by atoms with Gasteiger partial charge in [0.05, 0.1) is 0 Å². The molecule has 0 heteroatoms. The first-order chi connectivity index (χ1) is 25.8. The molecule has 0 atom stereocenters. The Labute approximate surface area is 302 Å². The van der Waals surface area contributed by atoms with Crippen LogP contribution in [0.15, 0.2) is 194 Å². The molecule has 0 N–H and O–H groups in total. The van der Waals surface area contributed by atoms with E-state index in [4.69, 9.17) is 0 Å². The second-order valence-corrected chi connectivity index (χ2v) is 13.9. The van der Waals surface area contributed by atoms with Crippen molar-refractivity contribution < 1.29 is 0 Å². The summed E-state index contributed by atoms with van der Waals surface area (Å²) >= 11 is 0. The molecule has 0 aliphatic heterocycles. The van der Waals surface area contributed by atoms with E-state index in [2.05, 4.69) is 194 Å². The van der Waals surface area contributed by atoms with Crippen LogP contribution in [-0.4, -0.2) is 0 Å². The molecule has 0 saturated heterocycles. The van der Waals surface area contributed by atoms with Crippen molar-refractivity contribution in [3.63, 3.8) is 0 Å². The molecule has 0 aromatic heterocycles. The smallest absolute Gasteiger partial charge is 0.00137 e. The summed E-state index contributed by atoms with van der Waals surface area (Å²) in [6, 6.07) is 71.7. The molecule has 0 bridgehead atoms. The van der Waals surface area contributed by atoms with E-state index in [-0.39, 0.29) is 0 Å². The lowest BCUT2D eigenvalue weighted by atomic mass is 9.79. The van der Waals surface area contributed by atoms with Crippen LogP contribution in [0.25, 0.3) is 109 Å². The van der Waals surface area contributed by atoms with E-state index in [1.54, 1.807) is 0 Å². The first kappa shape index (κ1) is 29.0. The number of hydrogen-bond donors (Lipinski definition) is 0. The topological polar surface area (TPSA) is 0 Å². The van der Waals surface area contributed by atoms with Crippen molar-refractivity contribution in [1.29, 1.82) is 0 Å². The number of benzene rings is 11. The van der Waals surface area contributed by atoms with Crippen molar-refractivity contribution >= 4 is 64.6 Å². The van der Waals surface area contributed by atoms with Gasteiger partial charge in [0, 0.05) is 0 Å². The first-order valence-electron chi connectivity index (χ1n) is 18.1. The average Bonchev–Trinajstić information content (AvgIpc) is 3.22. The molecule has 0 aliphatic rings. The minimum Gasteiger partial charge on any atom is -0.0622 e. The molecule has 0 amide bonds. The fourth-order valence-corrected chi connectivity index (χ4v) is 9.08. The maximum atomic E-state index is 2.47. The van der Waals surface area contributed by atoms with Crippen molar-refractivity contribution in [2.45, 2.75) is 0 Å². The molecule has 0 nitrogen and oxygen atoms in total. The van der Waals surface area contributed by atoms with Crippen LogP contribution in [0.3, 0.4) is 0 Å². The first-order valence-corrected chi connectivity index (χ1v) is 18.1. The number of rotatable bonds is 4. The maximum Gasteiger partial charge on any atom is -0.00137 e. The molecule has 0 aliphatic carbocycles. The molecule has 0 radical (unpaired) electrons. The maximum absolute atomic E-state index is 2.47. The highest BCUT2D eigenvalue weighted by Gasteiger charge is 2.24. The molecule has 0 saturated carbocycles. The molecule has 52 heavy (non-hydrogen) atoms. The minimum absolute atomic E-state index is 1.22. The van der Waals surface area contributed by atoms with E-state index in [9.17, 15) is 0 Å². The highest BCUT2D eigenvalue weighted by Crippen LogP contribution is 2.52. The lowest BCUT2D eigenvalue weighted by Gasteiger charge is -2.23. The molecule has 11 aromatic carbocycles. The summed E-state index contributed by atoms with van der Waals surface area (Å²) in [6.45, 7) is 0. The van der Waals surface area contributed by atoms with Gasteiger partial charge in [-0.1, -0.05) is 188 Å². The average molecular weight is 657 g/mol. The highest BCUT2D eigenvalue weighted by molar-refractivity contribution is 6.41. The lowest BCUT2D eigenvalue weighted by Crippen LogP contribution is -1.96. The molecule has 240 valence electrons. The fourth-order valence-electron chi connectivity index (χ4n) is 9.08. The van der Waals surface area contributed by atoms with Crippen LogP contribution in [0.2, 0.25) is 0 Å². The Morgan fingerprint density at radius 2 is 0.635 bits per heavy atom. The fraction of sp³-hybridized carbons (Fsp3) is 0. The summed E-state index contributed by atoms with van der Waals surface area (Å²) in [6.07, 6.45) is 0. The second-order valence-electron chi connectivity index (χ2n) is 13.9. The van der Waals surface area contributed by atoms with Gasteiger partial charge < -0.3 is 0 Å². The van der Waals surface area contributed by atoms with Gasteiger partial charge in [0.15, 0.2) is 0 Å². The molecular formula is C52H32. The van der Waals surface area contributed by atoms with E-state index in [1.165, 1.54) is 109 Å². The van der Waals surface area contributed by atoms with Gasteiger partial charge in [-0.15, -0.1) is 0 Å². The second kappa shape index (κ2) is 11.4. The molecule has 11 aromatic rings. The predicted molar refractivity (Wildman–Crippen MR) is 224 cm³/mol. The zero-order chi connectivity index (χ0) is 34.2. The van der Waals surface area contributed by atoms with Gasteiger partial charge in [0.1, 0.15) is 0 Å². The van der Waals surface area contributed by atoms with Crippen LogP contribution in [0.5, 0.6) is 0 Å². The van der Waals surface area contributed by atoms with Crippen molar-refractivity contribution in [3.8, 4) is 44.5 Å². The van der Waals surface area contributed by atoms with Gasteiger partial charge in [0.25, 0.3) is 0 Å². The van der Waals surface area contributed by atoms with Gasteiger partial charge in [0.2, 0.25) is 0 Å². The van der Waals surface area contributed by atoms with Crippen molar-refractivity contribution in [3.05, 3.63) is 194 Å². The van der Waals surface area contributed by atoms with Crippen LogP contribution in [0, 0.1) is 0 Å². The summed E-state index contributed by atoms with van der Waals surface area (Å²) in [5, 5.41) is 15.6. The van der Waals surface area contributed by atoms with Crippen molar-refractivity contribution in [1.82, 2.24) is 0 Å². The van der Waals surface area contributed by atoms with E-state index >= 15 is 0 Å². The third-order valence-corrected chi connectivity index (χ3v) is 11.2. The zero-order valence-electron chi connectivity index (χ0n) is 28.5. The zero-order valence-corrected chi connectivity index (χ0v) is 28.5. The van der Waals surface area contributed by atoms with Gasteiger partial charge >= 0.3 is 0 Å². The largest absolute Gasteiger partial charge is 0.0622 e. The molecule has 0 unspecified atom stereocenters. The standard InChI is InChI=1S/C52H32/c1-4-16-33(17-5-1)36-30-31-45-49-38(36)26-14-27-41(49)43-28-15-29-44-50(40-24-12-13-25-42(40)52(45)51(43)44)47-32-46(34-18-6-2-7-19-34)37-22-10-11-23-39(37)48(47)35-20-8-3-9-21-35/h1-32H. The molecule has 0 heterocycles. The SMILES string of the molecule is c1ccc(-c2cc(-c3c4ccccc4c4c5ccc(-c6ccccc6)c6cccc(c7cccc3c74)c65)c(-c3ccccc3)c3ccccc23)cc1. The van der Waals surface area contributed by atoms with Gasteiger partial charge in [-0.25, -0.2) is 0 Å². The Balaban J connectivity index is 1.36. The summed E-state index contributed by atoms with van der Waals surface area (Å²) in [7, 11) is 0. The highest BCUT2D eigenvalue weighted by atomic mass is 14.3. The van der Waals surface area contributed by atoms with E-state index in [0.717, 1.165) is 0 Å². The summed E-state index contributed by atoms with van der Waals surface area (Å²) in [5.74, 6) is 0. The third-order valence-electron chi connectivity index (χ3n) is 11.2. The minimum atomic E-state index is 1.22. The quantitative estimate of drug-likeness (QED) is 0.131. The summed E-state index contributed by atoms with van der Waals surface area (Å²) < 4.78 is 0. The molecule has 11 rings (SSSR count). The Bertz CT molecular complexity index is 3140. The lowest BCUT2D eigenvalue weighted by molar-refractivity contribution is 1.62. The Morgan fingerprint density at radius 3 is 1.31 bits per heavy atom. The Hall–Kier alpha value is -6.76. The van der Waals surface area contributed by atoms with Crippen LogP contribution < -0.4 is 0 Å². The molecular weight excluding hydrogens is 625 g/mol. The Kier molecular flexibility index (Phi) is 6.35. The van der Waals surface area contributed by atoms with Gasteiger partial charge in [-0.3, -0.25) is 0 Å². The molecule has 0 fully saturated rings. The number of fused-ring (bicyclic) bond motifs is 5.